The van der Waals surface area contributed by atoms with E-state index in [-0.39, 0.29) is 10.7 Å². The molecule has 0 atom stereocenters. The highest BCUT2D eigenvalue weighted by molar-refractivity contribution is 9.11. The molecule has 64 valence electrons. The first kappa shape index (κ1) is 9.41. The van der Waals surface area contributed by atoms with Crippen LogP contribution in [-0.2, 0) is 0 Å². The van der Waals surface area contributed by atoms with Gasteiger partial charge in [0.15, 0.2) is 5.78 Å². The Balaban J connectivity index is 3.17. The van der Waals surface area contributed by atoms with Crippen LogP contribution in [0.4, 0.5) is 0 Å². The summed E-state index contributed by atoms with van der Waals surface area (Å²) >= 11 is 4.17. The SMILES string of the molecule is CC(=O)c1cc(C(=O)O)sc1Br. The normalized spacial score (nSPS) is 9.83. The highest BCUT2D eigenvalue weighted by Crippen LogP contribution is 2.28. The predicted molar refractivity (Wildman–Crippen MR) is 49.0 cm³/mol. The molecule has 0 unspecified atom stereocenters. The molecular weight excluding hydrogens is 244 g/mol. The number of hydrogen-bond donors (Lipinski definition) is 1. The first-order valence-electron chi connectivity index (χ1n) is 3.06. The van der Waals surface area contributed by atoms with E-state index in [1.807, 2.05) is 0 Å². The van der Waals surface area contributed by atoms with Gasteiger partial charge in [0.1, 0.15) is 4.88 Å². The van der Waals surface area contributed by atoms with Crippen molar-refractivity contribution >= 4 is 39.0 Å². The van der Waals surface area contributed by atoms with Crippen molar-refractivity contribution in [2.24, 2.45) is 0 Å². The smallest absolute Gasteiger partial charge is 0.345 e. The second-order valence-electron chi connectivity index (χ2n) is 2.16. The molecule has 5 heteroatoms. The van der Waals surface area contributed by atoms with Crippen LogP contribution in [0.5, 0.6) is 0 Å². The molecular formula is C7H5BrO3S. The minimum absolute atomic E-state index is 0.134. The van der Waals surface area contributed by atoms with Crippen LogP contribution in [0, 0.1) is 0 Å². The van der Waals surface area contributed by atoms with Crippen LogP contribution in [0.25, 0.3) is 0 Å². The molecule has 0 saturated carbocycles. The molecule has 1 rings (SSSR count). The first-order chi connectivity index (χ1) is 5.52. The maximum absolute atomic E-state index is 10.9. The van der Waals surface area contributed by atoms with Crippen molar-refractivity contribution in [3.8, 4) is 0 Å². The van der Waals surface area contributed by atoms with Gasteiger partial charge in [0.25, 0.3) is 0 Å². The van der Waals surface area contributed by atoms with E-state index in [2.05, 4.69) is 15.9 Å². The van der Waals surface area contributed by atoms with Crippen molar-refractivity contribution in [3.05, 3.63) is 20.3 Å². The Morgan fingerprint density at radius 1 is 1.58 bits per heavy atom. The highest BCUT2D eigenvalue weighted by Gasteiger charge is 2.14. The fourth-order valence-electron chi connectivity index (χ4n) is 0.714. The third-order valence-electron chi connectivity index (χ3n) is 1.28. The summed E-state index contributed by atoms with van der Waals surface area (Å²) in [5, 5.41) is 8.58. The monoisotopic (exact) mass is 248 g/mol. The van der Waals surface area contributed by atoms with Crippen LogP contribution >= 0.6 is 27.3 Å². The third kappa shape index (κ3) is 1.73. The zero-order valence-electron chi connectivity index (χ0n) is 6.13. The zero-order chi connectivity index (χ0) is 9.30. The zero-order valence-corrected chi connectivity index (χ0v) is 8.53. The third-order valence-corrected chi connectivity index (χ3v) is 3.10. The van der Waals surface area contributed by atoms with Gasteiger partial charge in [-0.25, -0.2) is 4.79 Å². The quantitative estimate of drug-likeness (QED) is 0.819. The summed E-state index contributed by atoms with van der Waals surface area (Å²) in [6, 6.07) is 1.37. The van der Waals surface area contributed by atoms with Crippen molar-refractivity contribution in [2.45, 2.75) is 6.92 Å². The molecule has 1 N–H and O–H groups in total. The van der Waals surface area contributed by atoms with Crippen molar-refractivity contribution in [2.75, 3.05) is 0 Å². The molecule has 0 aliphatic carbocycles. The molecule has 0 amide bonds. The van der Waals surface area contributed by atoms with E-state index in [1.165, 1.54) is 13.0 Å². The van der Waals surface area contributed by atoms with Crippen LogP contribution in [0.2, 0.25) is 0 Å². The molecule has 0 bridgehead atoms. The molecule has 0 saturated heterocycles. The number of carbonyl (C=O) groups excluding carboxylic acids is 1. The lowest BCUT2D eigenvalue weighted by atomic mass is 10.2. The van der Waals surface area contributed by atoms with Gasteiger partial charge in [0.05, 0.1) is 3.79 Å². The van der Waals surface area contributed by atoms with E-state index in [4.69, 9.17) is 5.11 Å². The van der Waals surface area contributed by atoms with E-state index < -0.39 is 5.97 Å². The van der Waals surface area contributed by atoms with Crippen LogP contribution in [0.1, 0.15) is 27.0 Å². The average molecular weight is 249 g/mol. The number of ketones is 1. The van der Waals surface area contributed by atoms with E-state index in [0.29, 0.717) is 9.35 Å². The second-order valence-corrected chi connectivity index (χ2v) is 4.53. The maximum Gasteiger partial charge on any atom is 0.345 e. The van der Waals surface area contributed by atoms with Crippen LogP contribution in [-0.4, -0.2) is 16.9 Å². The first-order valence-corrected chi connectivity index (χ1v) is 4.67. The van der Waals surface area contributed by atoms with Crippen molar-refractivity contribution in [3.63, 3.8) is 0 Å². The highest BCUT2D eigenvalue weighted by atomic mass is 79.9. The minimum Gasteiger partial charge on any atom is -0.477 e. The van der Waals surface area contributed by atoms with Gasteiger partial charge in [-0.05, 0) is 28.9 Å². The number of carboxylic acid groups (broad SMARTS) is 1. The predicted octanol–water partition coefficient (Wildman–Crippen LogP) is 2.41. The Morgan fingerprint density at radius 3 is 2.42 bits per heavy atom. The van der Waals surface area contributed by atoms with Gasteiger partial charge in [-0.3, -0.25) is 4.79 Å². The maximum atomic E-state index is 10.9. The number of carbonyl (C=O) groups is 2. The number of carboxylic acids is 1. The molecule has 1 aromatic rings. The lowest BCUT2D eigenvalue weighted by molar-refractivity contribution is 0.0702. The van der Waals surface area contributed by atoms with E-state index >= 15 is 0 Å². The van der Waals surface area contributed by atoms with Crippen molar-refractivity contribution in [1.29, 1.82) is 0 Å². The van der Waals surface area contributed by atoms with E-state index in [0.717, 1.165) is 11.3 Å². The molecule has 12 heavy (non-hydrogen) atoms. The fourth-order valence-corrected chi connectivity index (χ4v) is 2.40. The minimum atomic E-state index is -1.01. The van der Waals surface area contributed by atoms with Crippen LogP contribution < -0.4 is 0 Å². The molecule has 0 aromatic carbocycles. The molecule has 0 radical (unpaired) electrons. The summed E-state index contributed by atoms with van der Waals surface area (Å²) in [5.74, 6) is -1.14. The van der Waals surface area contributed by atoms with Crippen molar-refractivity contribution < 1.29 is 14.7 Å². The summed E-state index contributed by atoms with van der Waals surface area (Å²) in [6.45, 7) is 1.40. The van der Waals surface area contributed by atoms with Gasteiger partial charge in [0, 0.05) is 5.56 Å². The Kier molecular flexibility index (Phi) is 2.64. The number of aromatic carboxylic acids is 1. The van der Waals surface area contributed by atoms with Gasteiger partial charge in [-0.15, -0.1) is 11.3 Å². The van der Waals surface area contributed by atoms with Gasteiger partial charge in [0.2, 0.25) is 0 Å². The average Bonchev–Trinajstić information content (AvgIpc) is 2.30. The lowest BCUT2D eigenvalue weighted by Gasteiger charge is -1.86. The van der Waals surface area contributed by atoms with Gasteiger partial charge >= 0.3 is 5.97 Å². The van der Waals surface area contributed by atoms with Crippen LogP contribution in [0.15, 0.2) is 9.85 Å². The Hall–Kier alpha value is -0.680. The molecule has 0 aliphatic heterocycles. The molecule has 0 aliphatic rings. The summed E-state index contributed by atoms with van der Waals surface area (Å²) in [6.07, 6.45) is 0. The Labute approximate surface area is 81.2 Å². The lowest BCUT2D eigenvalue weighted by Crippen LogP contribution is -1.92. The number of halogens is 1. The van der Waals surface area contributed by atoms with Crippen molar-refractivity contribution in [1.82, 2.24) is 0 Å². The topological polar surface area (TPSA) is 54.4 Å². The van der Waals surface area contributed by atoms with Gasteiger partial charge < -0.3 is 5.11 Å². The number of Topliss-reactive ketones (excluding diaryl/α,β-unsaturated/α-hetero) is 1. The van der Waals surface area contributed by atoms with Crippen LogP contribution in [0.3, 0.4) is 0 Å². The van der Waals surface area contributed by atoms with E-state index in [1.54, 1.807) is 0 Å². The largest absolute Gasteiger partial charge is 0.477 e. The molecule has 1 heterocycles. The molecule has 0 spiro atoms. The number of hydrogen-bond acceptors (Lipinski definition) is 3. The summed E-state index contributed by atoms with van der Waals surface area (Å²) < 4.78 is 0.576. The fraction of sp³-hybridized carbons (Fsp3) is 0.143. The Bertz CT molecular complexity index is 342. The number of rotatable bonds is 2. The second kappa shape index (κ2) is 3.37. The Morgan fingerprint density at radius 2 is 2.17 bits per heavy atom. The molecule has 1 aromatic heterocycles. The molecule has 0 fully saturated rings. The molecule has 3 nitrogen and oxygen atoms in total. The summed E-state index contributed by atoms with van der Waals surface area (Å²) in [4.78, 5) is 21.5. The van der Waals surface area contributed by atoms with Gasteiger partial charge in [-0.1, -0.05) is 0 Å². The standard InChI is InChI=1S/C7H5BrO3S/c1-3(9)4-2-5(7(10)11)12-6(4)8/h2H,1H3,(H,10,11). The van der Waals surface area contributed by atoms with E-state index in [9.17, 15) is 9.59 Å². The summed E-state index contributed by atoms with van der Waals surface area (Å²) in [7, 11) is 0. The summed E-state index contributed by atoms with van der Waals surface area (Å²) in [5.41, 5.74) is 0.428. The number of thiophene rings is 1. The van der Waals surface area contributed by atoms with Gasteiger partial charge in [-0.2, -0.15) is 0 Å².